The summed E-state index contributed by atoms with van der Waals surface area (Å²) >= 11 is 0. The van der Waals surface area contributed by atoms with Crippen LogP contribution in [0.25, 0.3) is 6.08 Å². The van der Waals surface area contributed by atoms with Crippen molar-refractivity contribution in [2.45, 2.75) is 13.8 Å². The predicted molar refractivity (Wildman–Crippen MR) is 55.3 cm³/mol. The van der Waals surface area contributed by atoms with E-state index in [2.05, 4.69) is 0 Å². The van der Waals surface area contributed by atoms with Crippen LogP contribution in [0.15, 0.2) is 36.4 Å². The monoisotopic (exact) mass is 174 g/mol. The molecule has 0 heterocycles. The van der Waals surface area contributed by atoms with E-state index in [-0.39, 0.29) is 11.7 Å². The van der Waals surface area contributed by atoms with Crippen LogP contribution in [0.1, 0.15) is 19.4 Å². The van der Waals surface area contributed by atoms with Crippen LogP contribution < -0.4 is 0 Å². The highest BCUT2D eigenvalue weighted by Crippen LogP contribution is 2.03. The average Bonchev–Trinajstić information content (AvgIpc) is 2.15. The SMILES string of the molecule is CC(C)C(=O)/C=C\c1ccccc1. The molecule has 1 nitrogen and oxygen atoms in total. The molecule has 0 saturated carbocycles. The molecule has 0 aromatic heterocycles. The molecule has 0 unspecified atom stereocenters. The minimum atomic E-state index is 0.0833. The van der Waals surface area contributed by atoms with Gasteiger partial charge in [-0.05, 0) is 11.6 Å². The van der Waals surface area contributed by atoms with Gasteiger partial charge in [-0.25, -0.2) is 0 Å². The van der Waals surface area contributed by atoms with Crippen LogP contribution in [0, 0.1) is 5.92 Å². The van der Waals surface area contributed by atoms with Crippen LogP contribution in [0.3, 0.4) is 0 Å². The van der Waals surface area contributed by atoms with Crippen molar-refractivity contribution in [3.8, 4) is 0 Å². The highest BCUT2D eigenvalue weighted by Gasteiger charge is 2.00. The van der Waals surface area contributed by atoms with Gasteiger partial charge in [0.1, 0.15) is 0 Å². The van der Waals surface area contributed by atoms with Crippen molar-refractivity contribution < 1.29 is 4.79 Å². The van der Waals surface area contributed by atoms with Crippen LogP contribution in [-0.2, 0) is 4.79 Å². The number of hydrogen-bond acceptors (Lipinski definition) is 1. The quantitative estimate of drug-likeness (QED) is 0.644. The predicted octanol–water partition coefficient (Wildman–Crippen LogP) is 2.92. The van der Waals surface area contributed by atoms with Gasteiger partial charge in [-0.3, -0.25) is 4.79 Å². The molecule has 0 fully saturated rings. The van der Waals surface area contributed by atoms with Gasteiger partial charge >= 0.3 is 0 Å². The Labute approximate surface area is 79.1 Å². The van der Waals surface area contributed by atoms with Crippen molar-refractivity contribution in [1.82, 2.24) is 0 Å². The maximum Gasteiger partial charge on any atom is 0.158 e. The number of benzene rings is 1. The van der Waals surface area contributed by atoms with Crippen molar-refractivity contribution >= 4 is 11.9 Å². The first-order valence-electron chi connectivity index (χ1n) is 4.47. The average molecular weight is 174 g/mol. The van der Waals surface area contributed by atoms with Crippen LogP contribution in [-0.4, -0.2) is 5.78 Å². The molecule has 13 heavy (non-hydrogen) atoms. The molecule has 0 saturated heterocycles. The third-order valence-electron chi connectivity index (χ3n) is 1.81. The molecule has 68 valence electrons. The largest absolute Gasteiger partial charge is 0.295 e. The summed E-state index contributed by atoms with van der Waals surface area (Å²) < 4.78 is 0. The maximum atomic E-state index is 11.2. The molecular weight excluding hydrogens is 160 g/mol. The van der Waals surface area contributed by atoms with Crippen LogP contribution >= 0.6 is 0 Å². The summed E-state index contributed by atoms with van der Waals surface area (Å²) in [5.74, 6) is 0.254. The van der Waals surface area contributed by atoms with E-state index in [1.54, 1.807) is 6.08 Å². The molecule has 0 aliphatic carbocycles. The van der Waals surface area contributed by atoms with Crippen molar-refractivity contribution in [2.75, 3.05) is 0 Å². The summed E-state index contributed by atoms with van der Waals surface area (Å²) in [6.45, 7) is 3.80. The van der Waals surface area contributed by atoms with Gasteiger partial charge < -0.3 is 0 Å². The number of allylic oxidation sites excluding steroid dienone is 1. The Morgan fingerprint density at radius 1 is 1.23 bits per heavy atom. The first kappa shape index (κ1) is 9.72. The Bertz CT molecular complexity index is 296. The molecule has 0 aliphatic rings. The van der Waals surface area contributed by atoms with Gasteiger partial charge in [-0.15, -0.1) is 0 Å². The summed E-state index contributed by atoms with van der Waals surface area (Å²) in [5, 5.41) is 0. The molecule has 1 aromatic rings. The third kappa shape index (κ3) is 3.24. The lowest BCUT2D eigenvalue weighted by Crippen LogP contribution is -2.01. The van der Waals surface area contributed by atoms with Gasteiger partial charge in [0, 0.05) is 5.92 Å². The Hall–Kier alpha value is -1.37. The summed E-state index contributed by atoms with van der Waals surface area (Å²) in [7, 11) is 0. The maximum absolute atomic E-state index is 11.2. The second kappa shape index (κ2) is 4.61. The van der Waals surface area contributed by atoms with Gasteiger partial charge in [-0.2, -0.15) is 0 Å². The van der Waals surface area contributed by atoms with Crippen LogP contribution in [0.4, 0.5) is 0 Å². The van der Waals surface area contributed by atoms with Gasteiger partial charge in [-0.1, -0.05) is 50.3 Å². The van der Waals surface area contributed by atoms with E-state index >= 15 is 0 Å². The van der Waals surface area contributed by atoms with Gasteiger partial charge in [0.05, 0.1) is 0 Å². The summed E-state index contributed by atoms with van der Waals surface area (Å²) in [6, 6.07) is 9.83. The van der Waals surface area contributed by atoms with Crippen molar-refractivity contribution in [1.29, 1.82) is 0 Å². The van der Waals surface area contributed by atoms with Gasteiger partial charge in [0.15, 0.2) is 5.78 Å². The topological polar surface area (TPSA) is 17.1 Å². The molecule has 1 aromatic carbocycles. The molecule has 1 heteroatoms. The molecular formula is C12H14O. The zero-order chi connectivity index (χ0) is 9.68. The minimum Gasteiger partial charge on any atom is -0.295 e. The molecule has 1 rings (SSSR count). The first-order chi connectivity index (χ1) is 6.20. The van der Waals surface area contributed by atoms with E-state index in [1.807, 2.05) is 50.3 Å². The van der Waals surface area contributed by atoms with E-state index < -0.39 is 0 Å². The van der Waals surface area contributed by atoms with E-state index in [4.69, 9.17) is 0 Å². The zero-order valence-electron chi connectivity index (χ0n) is 8.03. The minimum absolute atomic E-state index is 0.0833. The summed E-state index contributed by atoms with van der Waals surface area (Å²) in [6.07, 6.45) is 3.49. The van der Waals surface area contributed by atoms with Crippen LogP contribution in [0.5, 0.6) is 0 Å². The molecule has 0 radical (unpaired) electrons. The lowest BCUT2D eigenvalue weighted by molar-refractivity contribution is -0.117. The Morgan fingerprint density at radius 3 is 2.38 bits per heavy atom. The number of hydrogen-bond donors (Lipinski definition) is 0. The fourth-order valence-electron chi connectivity index (χ4n) is 0.935. The Balaban J connectivity index is 2.64. The number of rotatable bonds is 3. The molecule has 0 aliphatic heterocycles. The first-order valence-corrected chi connectivity index (χ1v) is 4.47. The second-order valence-corrected chi connectivity index (χ2v) is 3.30. The van der Waals surface area contributed by atoms with Crippen molar-refractivity contribution in [3.05, 3.63) is 42.0 Å². The van der Waals surface area contributed by atoms with Gasteiger partial charge in [0.25, 0.3) is 0 Å². The zero-order valence-corrected chi connectivity index (χ0v) is 8.03. The number of ketones is 1. The fraction of sp³-hybridized carbons (Fsp3) is 0.250. The Morgan fingerprint density at radius 2 is 1.85 bits per heavy atom. The molecule has 0 bridgehead atoms. The normalized spacial score (nSPS) is 11.0. The third-order valence-corrected chi connectivity index (χ3v) is 1.81. The molecule has 0 amide bonds. The highest BCUT2D eigenvalue weighted by molar-refractivity contribution is 5.94. The summed E-state index contributed by atoms with van der Waals surface area (Å²) in [4.78, 5) is 11.2. The highest BCUT2D eigenvalue weighted by atomic mass is 16.1. The lowest BCUT2D eigenvalue weighted by Gasteiger charge is -1.96. The molecule has 0 N–H and O–H groups in total. The Kier molecular flexibility index (Phi) is 3.44. The second-order valence-electron chi connectivity index (χ2n) is 3.30. The fourth-order valence-corrected chi connectivity index (χ4v) is 0.935. The van der Waals surface area contributed by atoms with E-state index in [0.29, 0.717) is 0 Å². The smallest absolute Gasteiger partial charge is 0.158 e. The van der Waals surface area contributed by atoms with Crippen molar-refractivity contribution in [3.63, 3.8) is 0 Å². The molecule has 0 atom stereocenters. The van der Waals surface area contributed by atoms with Crippen LogP contribution in [0.2, 0.25) is 0 Å². The van der Waals surface area contributed by atoms with E-state index in [9.17, 15) is 4.79 Å². The van der Waals surface area contributed by atoms with Crippen molar-refractivity contribution in [2.24, 2.45) is 5.92 Å². The molecule has 0 spiro atoms. The number of carbonyl (C=O) groups is 1. The lowest BCUT2D eigenvalue weighted by atomic mass is 10.1. The van der Waals surface area contributed by atoms with E-state index in [1.165, 1.54) is 0 Å². The summed E-state index contributed by atoms with van der Waals surface area (Å²) in [5.41, 5.74) is 1.07. The standard InChI is InChI=1S/C12H14O/c1-10(2)12(13)9-8-11-6-4-3-5-7-11/h3-10H,1-2H3/b9-8-. The van der Waals surface area contributed by atoms with Gasteiger partial charge in [0.2, 0.25) is 0 Å². The number of carbonyl (C=O) groups excluding carboxylic acids is 1. The van der Waals surface area contributed by atoms with E-state index in [0.717, 1.165) is 5.56 Å².